The summed E-state index contributed by atoms with van der Waals surface area (Å²) in [5.74, 6) is -0.209. The molecule has 8 nitrogen and oxygen atoms in total. The summed E-state index contributed by atoms with van der Waals surface area (Å²) in [7, 11) is -3.88. The van der Waals surface area contributed by atoms with Crippen LogP contribution >= 0.6 is 0 Å². The molecule has 0 saturated heterocycles. The number of carbonyl (C=O) groups is 2. The molecule has 0 heterocycles. The number of nitrogens with one attached hydrogen (secondary N) is 1. The van der Waals surface area contributed by atoms with E-state index in [4.69, 9.17) is 4.74 Å². The molecule has 0 bridgehead atoms. The zero-order valence-electron chi connectivity index (χ0n) is 26.9. The standard InChI is InChI=1S/C37H43N3O5S/c1-5-29(3)38-37(42)35(24-30-14-8-6-9-15-30)39(25-32-18-12-13-28(2)23-32)36(41)26-40(46(4,43)44)33-19-21-34(22-20-33)45-27-31-16-10-7-11-17-31/h6-23,29,35H,5,24-27H2,1-4H3,(H,38,42)/t29-,35+/m0/s1. The smallest absolute Gasteiger partial charge is 0.244 e. The molecule has 0 aromatic heterocycles. The van der Waals surface area contributed by atoms with Gasteiger partial charge < -0.3 is 15.0 Å². The van der Waals surface area contributed by atoms with Crippen LogP contribution in [-0.2, 0) is 39.2 Å². The van der Waals surface area contributed by atoms with Crippen LogP contribution in [0.3, 0.4) is 0 Å². The Kier molecular flexibility index (Phi) is 12.0. The van der Waals surface area contributed by atoms with Crippen molar-refractivity contribution in [2.75, 3.05) is 17.1 Å². The van der Waals surface area contributed by atoms with E-state index < -0.39 is 28.5 Å². The first-order chi connectivity index (χ1) is 22.0. The van der Waals surface area contributed by atoms with Gasteiger partial charge in [0.1, 0.15) is 24.9 Å². The number of carbonyl (C=O) groups excluding carboxylic acids is 2. The zero-order chi connectivity index (χ0) is 33.1. The second-order valence-corrected chi connectivity index (χ2v) is 13.5. The summed E-state index contributed by atoms with van der Waals surface area (Å²) in [5.41, 5.74) is 4.07. The van der Waals surface area contributed by atoms with Crippen LogP contribution in [0.25, 0.3) is 0 Å². The molecule has 4 aromatic carbocycles. The Bertz CT molecular complexity index is 1680. The number of hydrogen-bond donors (Lipinski definition) is 1. The van der Waals surface area contributed by atoms with E-state index in [9.17, 15) is 18.0 Å². The summed E-state index contributed by atoms with van der Waals surface area (Å²) in [6.45, 7) is 5.89. The fraction of sp³-hybridized carbons (Fsp3) is 0.297. The van der Waals surface area contributed by atoms with E-state index >= 15 is 0 Å². The van der Waals surface area contributed by atoms with Crippen LogP contribution in [0.4, 0.5) is 5.69 Å². The lowest BCUT2D eigenvalue weighted by molar-refractivity contribution is -0.140. The largest absolute Gasteiger partial charge is 0.489 e. The first-order valence-electron chi connectivity index (χ1n) is 15.5. The first kappa shape index (κ1) is 34.2. The lowest BCUT2D eigenvalue weighted by atomic mass is 10.0. The molecule has 1 N–H and O–H groups in total. The van der Waals surface area contributed by atoms with E-state index in [1.54, 1.807) is 24.3 Å². The van der Waals surface area contributed by atoms with Crippen molar-refractivity contribution in [2.45, 2.75) is 58.8 Å². The summed E-state index contributed by atoms with van der Waals surface area (Å²) in [5, 5.41) is 3.05. The van der Waals surface area contributed by atoms with Crippen LogP contribution in [0.15, 0.2) is 109 Å². The number of ether oxygens (including phenoxy) is 1. The molecule has 4 aromatic rings. The van der Waals surface area contributed by atoms with Crippen LogP contribution in [0, 0.1) is 6.92 Å². The van der Waals surface area contributed by atoms with Crippen molar-refractivity contribution in [2.24, 2.45) is 0 Å². The number of benzene rings is 4. The second kappa shape index (κ2) is 16.1. The fourth-order valence-corrected chi connectivity index (χ4v) is 5.92. The Hall–Kier alpha value is -4.63. The highest BCUT2D eigenvalue weighted by Crippen LogP contribution is 2.24. The molecule has 0 aliphatic rings. The minimum Gasteiger partial charge on any atom is -0.489 e. The molecule has 0 aliphatic carbocycles. The molecule has 0 aliphatic heterocycles. The highest BCUT2D eigenvalue weighted by Gasteiger charge is 2.33. The van der Waals surface area contributed by atoms with Crippen molar-refractivity contribution in [3.05, 3.63) is 131 Å². The number of aryl methyl sites for hydroxylation is 1. The predicted octanol–water partition coefficient (Wildman–Crippen LogP) is 5.89. The van der Waals surface area contributed by atoms with Gasteiger partial charge in [-0.1, -0.05) is 97.4 Å². The molecule has 0 unspecified atom stereocenters. The number of rotatable bonds is 15. The zero-order valence-corrected chi connectivity index (χ0v) is 27.7. The lowest BCUT2D eigenvalue weighted by Gasteiger charge is -2.34. The van der Waals surface area contributed by atoms with E-state index in [1.165, 1.54) is 4.90 Å². The molecular formula is C37H43N3O5S. The third-order valence-corrected chi connectivity index (χ3v) is 8.90. The molecule has 0 saturated carbocycles. The van der Waals surface area contributed by atoms with Gasteiger partial charge in [-0.15, -0.1) is 0 Å². The van der Waals surface area contributed by atoms with E-state index in [0.29, 0.717) is 18.0 Å². The van der Waals surface area contributed by atoms with Crippen LogP contribution in [0.5, 0.6) is 5.75 Å². The molecule has 0 fully saturated rings. The van der Waals surface area contributed by atoms with Crippen molar-refractivity contribution in [3.63, 3.8) is 0 Å². The van der Waals surface area contributed by atoms with Gasteiger partial charge >= 0.3 is 0 Å². The molecule has 0 radical (unpaired) electrons. The van der Waals surface area contributed by atoms with Gasteiger partial charge in [0.15, 0.2) is 0 Å². The quantitative estimate of drug-likeness (QED) is 0.175. The SMILES string of the molecule is CC[C@H](C)NC(=O)[C@@H](Cc1ccccc1)N(Cc1cccc(C)c1)C(=O)CN(c1ccc(OCc2ccccc2)cc1)S(C)(=O)=O. The number of amides is 2. The maximum Gasteiger partial charge on any atom is 0.244 e. The van der Waals surface area contributed by atoms with Gasteiger partial charge in [-0.3, -0.25) is 13.9 Å². The number of anilines is 1. The number of hydrogen-bond acceptors (Lipinski definition) is 5. The maximum absolute atomic E-state index is 14.3. The molecular weight excluding hydrogens is 598 g/mol. The van der Waals surface area contributed by atoms with Gasteiger partial charge in [-0.05, 0) is 61.2 Å². The summed E-state index contributed by atoms with van der Waals surface area (Å²) in [6, 6.07) is 32.6. The monoisotopic (exact) mass is 641 g/mol. The fourth-order valence-electron chi connectivity index (χ4n) is 5.07. The first-order valence-corrected chi connectivity index (χ1v) is 17.3. The highest BCUT2D eigenvalue weighted by molar-refractivity contribution is 7.92. The predicted molar refractivity (Wildman–Crippen MR) is 183 cm³/mol. The molecule has 46 heavy (non-hydrogen) atoms. The van der Waals surface area contributed by atoms with Crippen LogP contribution < -0.4 is 14.4 Å². The Morgan fingerprint density at radius 1 is 0.826 bits per heavy atom. The van der Waals surface area contributed by atoms with Crippen LogP contribution in [0.1, 0.15) is 42.5 Å². The molecule has 9 heteroatoms. The van der Waals surface area contributed by atoms with Gasteiger partial charge in [0, 0.05) is 19.0 Å². The van der Waals surface area contributed by atoms with Crippen LogP contribution in [0.2, 0.25) is 0 Å². The Morgan fingerprint density at radius 2 is 1.43 bits per heavy atom. The third kappa shape index (κ3) is 9.94. The minimum atomic E-state index is -3.88. The number of nitrogens with zero attached hydrogens (tertiary/aromatic N) is 2. The Balaban J connectivity index is 1.65. The van der Waals surface area contributed by atoms with Crippen molar-refractivity contribution < 1.29 is 22.7 Å². The Labute approximate surface area is 273 Å². The highest BCUT2D eigenvalue weighted by atomic mass is 32.2. The lowest BCUT2D eigenvalue weighted by Crippen LogP contribution is -2.54. The summed E-state index contributed by atoms with van der Waals surface area (Å²) < 4.78 is 33.2. The molecule has 2 atom stereocenters. The van der Waals surface area contributed by atoms with E-state index in [0.717, 1.165) is 39.2 Å². The summed E-state index contributed by atoms with van der Waals surface area (Å²) in [6.07, 6.45) is 2.07. The molecule has 242 valence electrons. The molecule has 2 amide bonds. The molecule has 4 rings (SSSR count). The maximum atomic E-state index is 14.3. The van der Waals surface area contributed by atoms with Crippen molar-refractivity contribution in [1.29, 1.82) is 0 Å². The third-order valence-electron chi connectivity index (χ3n) is 7.76. The van der Waals surface area contributed by atoms with E-state index in [-0.39, 0.29) is 24.9 Å². The van der Waals surface area contributed by atoms with E-state index in [2.05, 4.69) is 5.32 Å². The van der Waals surface area contributed by atoms with Crippen molar-refractivity contribution in [3.8, 4) is 5.75 Å². The summed E-state index contributed by atoms with van der Waals surface area (Å²) in [4.78, 5) is 29.6. The van der Waals surface area contributed by atoms with Gasteiger partial charge in [0.2, 0.25) is 21.8 Å². The second-order valence-electron chi connectivity index (χ2n) is 11.6. The average molecular weight is 642 g/mol. The Morgan fingerprint density at radius 3 is 2.02 bits per heavy atom. The van der Waals surface area contributed by atoms with Crippen LogP contribution in [-0.4, -0.2) is 50.0 Å². The van der Waals surface area contributed by atoms with Gasteiger partial charge in [0.05, 0.1) is 11.9 Å². The summed E-state index contributed by atoms with van der Waals surface area (Å²) >= 11 is 0. The van der Waals surface area contributed by atoms with Crippen molar-refractivity contribution in [1.82, 2.24) is 10.2 Å². The normalized spacial score (nSPS) is 12.5. The average Bonchev–Trinajstić information content (AvgIpc) is 3.05. The van der Waals surface area contributed by atoms with Crippen molar-refractivity contribution >= 4 is 27.5 Å². The topological polar surface area (TPSA) is 96.0 Å². The minimum absolute atomic E-state index is 0.100. The number of sulfonamides is 1. The van der Waals surface area contributed by atoms with Gasteiger partial charge in [-0.25, -0.2) is 8.42 Å². The van der Waals surface area contributed by atoms with Gasteiger partial charge in [0.25, 0.3) is 0 Å². The van der Waals surface area contributed by atoms with Gasteiger partial charge in [-0.2, -0.15) is 0 Å². The van der Waals surface area contributed by atoms with E-state index in [1.807, 2.05) is 106 Å². The molecule has 0 spiro atoms.